The van der Waals surface area contributed by atoms with Gasteiger partial charge in [-0.15, -0.1) is 5.10 Å². The average molecular weight is 391 g/mol. The quantitative estimate of drug-likeness (QED) is 0.498. The number of rotatable bonds is 4. The summed E-state index contributed by atoms with van der Waals surface area (Å²) in [4.78, 5) is 34.9. The number of para-hydroxylation sites is 1. The first-order chi connectivity index (χ1) is 13.8. The number of aryl methyl sites for hydroxylation is 1. The fourth-order valence-corrected chi connectivity index (χ4v) is 3.65. The number of carbonyl (C=O) groups excluding carboxylic acids is 2. The van der Waals surface area contributed by atoms with Crippen molar-refractivity contribution < 1.29 is 14.3 Å². The van der Waals surface area contributed by atoms with Crippen molar-refractivity contribution in [2.24, 2.45) is 0 Å². The minimum Gasteiger partial charge on any atom is -0.451 e. The molecule has 0 spiro atoms. The second-order valence-corrected chi connectivity index (χ2v) is 7.51. The lowest BCUT2D eigenvalue weighted by Crippen LogP contribution is -2.25. The van der Waals surface area contributed by atoms with Crippen LogP contribution in [0.4, 0.5) is 5.69 Å². The highest BCUT2D eigenvalue weighted by Gasteiger charge is 2.38. The standard InChI is InChI=1S/C21H21N5O3/c1-13-9-10-22-20-23-18(24-26(13)20)19(28)29-12-14(27)11-17-21(2,3)15-7-5-6-8-16(15)25(17)4/h5-11H,12H2,1-4H3/b17-11-. The molecule has 3 heterocycles. The van der Waals surface area contributed by atoms with E-state index in [1.165, 1.54) is 10.6 Å². The number of likely N-dealkylation sites (N-methyl/N-ethyl adjacent to an activating group) is 1. The monoisotopic (exact) mass is 391 g/mol. The predicted molar refractivity (Wildman–Crippen MR) is 107 cm³/mol. The van der Waals surface area contributed by atoms with Gasteiger partial charge in [-0.3, -0.25) is 4.79 Å². The molecule has 3 aromatic rings. The Balaban J connectivity index is 1.48. The molecule has 0 radical (unpaired) electrons. The summed E-state index contributed by atoms with van der Waals surface area (Å²) in [5.41, 5.74) is 3.52. The van der Waals surface area contributed by atoms with E-state index >= 15 is 0 Å². The maximum Gasteiger partial charge on any atom is 0.378 e. The first kappa shape index (κ1) is 18.8. The molecular weight excluding hydrogens is 370 g/mol. The van der Waals surface area contributed by atoms with E-state index < -0.39 is 5.97 Å². The number of aromatic nitrogens is 4. The highest BCUT2D eigenvalue weighted by Crippen LogP contribution is 2.46. The Morgan fingerprint density at radius 1 is 1.21 bits per heavy atom. The normalized spacial score (nSPS) is 16.3. The van der Waals surface area contributed by atoms with Crippen LogP contribution < -0.4 is 4.90 Å². The number of fused-ring (bicyclic) bond motifs is 2. The first-order valence-electron chi connectivity index (χ1n) is 9.23. The number of hydrogen-bond donors (Lipinski definition) is 0. The molecular formula is C21H21N5O3. The Morgan fingerprint density at radius 3 is 2.69 bits per heavy atom. The molecule has 1 aliphatic heterocycles. The zero-order valence-electron chi connectivity index (χ0n) is 16.7. The zero-order chi connectivity index (χ0) is 20.8. The van der Waals surface area contributed by atoms with Crippen molar-refractivity contribution in [3.8, 4) is 0 Å². The Morgan fingerprint density at radius 2 is 1.97 bits per heavy atom. The summed E-state index contributed by atoms with van der Waals surface area (Å²) >= 11 is 0. The van der Waals surface area contributed by atoms with E-state index in [4.69, 9.17) is 4.74 Å². The van der Waals surface area contributed by atoms with Crippen LogP contribution in [0.5, 0.6) is 0 Å². The van der Waals surface area contributed by atoms with Crippen LogP contribution in [0.3, 0.4) is 0 Å². The molecule has 148 valence electrons. The molecule has 4 rings (SSSR count). The van der Waals surface area contributed by atoms with Gasteiger partial charge in [-0.05, 0) is 24.6 Å². The molecule has 0 N–H and O–H groups in total. The highest BCUT2D eigenvalue weighted by molar-refractivity contribution is 5.95. The van der Waals surface area contributed by atoms with E-state index in [0.29, 0.717) is 5.78 Å². The Kier molecular flexibility index (Phi) is 4.41. The van der Waals surface area contributed by atoms with Crippen molar-refractivity contribution >= 4 is 23.2 Å². The minimum absolute atomic E-state index is 0.127. The van der Waals surface area contributed by atoms with Crippen LogP contribution in [0.15, 0.2) is 48.3 Å². The molecule has 1 aromatic carbocycles. The lowest BCUT2D eigenvalue weighted by atomic mass is 9.83. The summed E-state index contributed by atoms with van der Waals surface area (Å²) in [6.45, 7) is 5.57. The molecule has 2 aromatic heterocycles. The number of allylic oxidation sites excluding steroid dienone is 1. The van der Waals surface area contributed by atoms with Crippen LogP contribution in [-0.2, 0) is 14.9 Å². The van der Waals surface area contributed by atoms with Crippen LogP contribution in [-0.4, -0.2) is 45.0 Å². The van der Waals surface area contributed by atoms with Gasteiger partial charge >= 0.3 is 5.97 Å². The van der Waals surface area contributed by atoms with Crippen LogP contribution in [0.25, 0.3) is 5.78 Å². The summed E-state index contributed by atoms with van der Waals surface area (Å²) in [5, 5.41) is 4.09. The van der Waals surface area contributed by atoms with Crippen LogP contribution in [0.1, 0.15) is 35.7 Å². The summed E-state index contributed by atoms with van der Waals surface area (Å²) in [5.74, 6) is -0.890. The molecule has 0 amide bonds. The predicted octanol–water partition coefficient (Wildman–Crippen LogP) is 2.47. The number of hydrogen-bond acceptors (Lipinski definition) is 7. The summed E-state index contributed by atoms with van der Waals surface area (Å²) in [6.07, 6.45) is 3.12. The van der Waals surface area contributed by atoms with Crippen molar-refractivity contribution in [2.75, 3.05) is 18.6 Å². The third-order valence-corrected chi connectivity index (χ3v) is 5.20. The fourth-order valence-electron chi connectivity index (χ4n) is 3.65. The Bertz CT molecular complexity index is 1160. The first-order valence-corrected chi connectivity index (χ1v) is 9.23. The lowest BCUT2D eigenvalue weighted by Gasteiger charge is -2.23. The van der Waals surface area contributed by atoms with Gasteiger partial charge in [0.2, 0.25) is 0 Å². The van der Waals surface area contributed by atoms with Gasteiger partial charge in [0, 0.05) is 41.8 Å². The Hall–Kier alpha value is -3.55. The van der Waals surface area contributed by atoms with Gasteiger partial charge in [0.15, 0.2) is 12.4 Å². The topological polar surface area (TPSA) is 89.7 Å². The highest BCUT2D eigenvalue weighted by atomic mass is 16.5. The maximum absolute atomic E-state index is 12.5. The van der Waals surface area contributed by atoms with Gasteiger partial charge in [-0.1, -0.05) is 32.0 Å². The van der Waals surface area contributed by atoms with Crippen LogP contribution in [0, 0.1) is 6.92 Å². The van der Waals surface area contributed by atoms with Gasteiger partial charge < -0.3 is 9.64 Å². The molecule has 0 saturated carbocycles. The van der Waals surface area contributed by atoms with Crippen molar-refractivity contribution in [1.82, 2.24) is 19.6 Å². The molecule has 0 bridgehead atoms. The maximum atomic E-state index is 12.5. The van der Waals surface area contributed by atoms with Crippen molar-refractivity contribution in [1.29, 1.82) is 0 Å². The van der Waals surface area contributed by atoms with E-state index in [9.17, 15) is 9.59 Å². The number of carbonyl (C=O) groups is 2. The fraction of sp³-hybridized carbons (Fsp3) is 0.286. The van der Waals surface area contributed by atoms with E-state index in [1.54, 1.807) is 12.3 Å². The molecule has 8 nitrogen and oxygen atoms in total. The van der Waals surface area contributed by atoms with Crippen LogP contribution in [0.2, 0.25) is 0 Å². The van der Waals surface area contributed by atoms with Gasteiger partial charge in [0.25, 0.3) is 11.6 Å². The molecule has 1 aliphatic rings. The largest absolute Gasteiger partial charge is 0.451 e. The van der Waals surface area contributed by atoms with Crippen molar-refractivity contribution in [3.05, 3.63) is 65.4 Å². The number of nitrogens with zero attached hydrogens (tertiary/aromatic N) is 5. The number of benzene rings is 1. The molecule has 0 fully saturated rings. The SMILES string of the molecule is Cc1ccnc2nc(C(=O)OCC(=O)/C=C3\N(C)c4ccccc4C3(C)C)nn12. The zero-order valence-corrected chi connectivity index (χ0v) is 16.7. The molecule has 0 atom stereocenters. The van der Waals surface area contributed by atoms with E-state index in [2.05, 4.69) is 35.0 Å². The third-order valence-electron chi connectivity index (χ3n) is 5.20. The van der Waals surface area contributed by atoms with Gasteiger partial charge in [-0.2, -0.15) is 4.98 Å². The van der Waals surface area contributed by atoms with Crippen LogP contribution >= 0.6 is 0 Å². The van der Waals surface area contributed by atoms with Crippen molar-refractivity contribution in [2.45, 2.75) is 26.2 Å². The summed E-state index contributed by atoms with van der Waals surface area (Å²) < 4.78 is 6.58. The second-order valence-electron chi connectivity index (χ2n) is 7.51. The molecule has 0 aliphatic carbocycles. The van der Waals surface area contributed by atoms with Crippen molar-refractivity contribution in [3.63, 3.8) is 0 Å². The average Bonchev–Trinajstić information content (AvgIpc) is 3.22. The molecule has 29 heavy (non-hydrogen) atoms. The Labute approximate surface area is 167 Å². The van der Waals surface area contributed by atoms with Gasteiger partial charge in [-0.25, -0.2) is 14.3 Å². The number of esters is 1. The molecule has 0 unspecified atom stereocenters. The number of ether oxygens (including phenoxy) is 1. The smallest absolute Gasteiger partial charge is 0.378 e. The van der Waals surface area contributed by atoms with Gasteiger partial charge in [0.1, 0.15) is 0 Å². The lowest BCUT2D eigenvalue weighted by molar-refractivity contribution is -0.117. The van der Waals surface area contributed by atoms with E-state index in [-0.39, 0.29) is 23.6 Å². The number of ketones is 1. The molecule has 8 heteroatoms. The van der Waals surface area contributed by atoms with E-state index in [0.717, 1.165) is 22.6 Å². The van der Waals surface area contributed by atoms with E-state index in [1.807, 2.05) is 37.1 Å². The summed E-state index contributed by atoms with van der Waals surface area (Å²) in [7, 11) is 1.93. The van der Waals surface area contributed by atoms with Gasteiger partial charge in [0.05, 0.1) is 0 Å². The molecule has 0 saturated heterocycles. The third kappa shape index (κ3) is 3.16. The minimum atomic E-state index is -0.760. The number of anilines is 1. The second kappa shape index (κ2) is 6.80. The summed E-state index contributed by atoms with van der Waals surface area (Å²) in [6, 6.07) is 9.79.